The fourth-order valence-corrected chi connectivity index (χ4v) is 2.32. The van der Waals surface area contributed by atoms with E-state index in [-0.39, 0.29) is 6.42 Å². The van der Waals surface area contributed by atoms with Crippen LogP contribution in [0.1, 0.15) is 35.6 Å². The van der Waals surface area contributed by atoms with Gasteiger partial charge in [0.15, 0.2) is 0 Å². The van der Waals surface area contributed by atoms with E-state index >= 15 is 0 Å². The number of rotatable bonds is 5. The first-order valence-corrected chi connectivity index (χ1v) is 5.43. The second-order valence-electron chi connectivity index (χ2n) is 3.17. The first kappa shape index (κ1) is 11.2. The Balaban J connectivity index is 2.61. The van der Waals surface area contributed by atoms with E-state index in [0.29, 0.717) is 0 Å². The molecule has 1 atom stereocenters. The Labute approximate surface area is 87.0 Å². The van der Waals surface area contributed by atoms with Crippen LogP contribution >= 0.6 is 11.3 Å². The standard InChI is InChI=1S/C10H14O3S/c1-2-3-7-4-5-9(14-7)8(11)6-10(12)13/h4-5,8,11H,2-3,6H2,1H3,(H,12,13)/t8-/m0/s1. The van der Waals surface area contributed by atoms with E-state index in [9.17, 15) is 9.90 Å². The number of carbonyl (C=O) groups is 1. The summed E-state index contributed by atoms with van der Waals surface area (Å²) in [7, 11) is 0. The molecule has 14 heavy (non-hydrogen) atoms. The first-order valence-electron chi connectivity index (χ1n) is 4.62. The normalized spacial score (nSPS) is 12.7. The number of aliphatic hydroxyl groups excluding tert-OH is 1. The summed E-state index contributed by atoms with van der Waals surface area (Å²) in [6, 6.07) is 3.76. The molecule has 3 nitrogen and oxygen atoms in total. The van der Waals surface area contributed by atoms with E-state index in [0.717, 1.165) is 17.7 Å². The van der Waals surface area contributed by atoms with Crippen LogP contribution in [0.25, 0.3) is 0 Å². The minimum Gasteiger partial charge on any atom is -0.481 e. The number of hydrogen-bond acceptors (Lipinski definition) is 3. The highest BCUT2D eigenvalue weighted by molar-refractivity contribution is 7.12. The van der Waals surface area contributed by atoms with Gasteiger partial charge in [0.1, 0.15) is 0 Å². The van der Waals surface area contributed by atoms with Crippen LogP contribution in [0, 0.1) is 0 Å². The van der Waals surface area contributed by atoms with E-state index in [1.54, 1.807) is 0 Å². The summed E-state index contributed by atoms with van der Waals surface area (Å²) < 4.78 is 0. The maximum absolute atomic E-state index is 10.4. The van der Waals surface area contributed by atoms with Gasteiger partial charge in [-0.15, -0.1) is 11.3 Å². The maximum atomic E-state index is 10.4. The van der Waals surface area contributed by atoms with E-state index in [2.05, 4.69) is 6.92 Å². The zero-order valence-corrected chi connectivity index (χ0v) is 8.88. The fraction of sp³-hybridized carbons (Fsp3) is 0.500. The van der Waals surface area contributed by atoms with Crippen molar-refractivity contribution in [3.63, 3.8) is 0 Å². The number of carboxylic acids is 1. The highest BCUT2D eigenvalue weighted by Gasteiger charge is 2.13. The number of hydrogen-bond donors (Lipinski definition) is 2. The molecule has 0 radical (unpaired) electrons. The Morgan fingerprint density at radius 1 is 1.57 bits per heavy atom. The van der Waals surface area contributed by atoms with Gasteiger partial charge in [0.2, 0.25) is 0 Å². The molecule has 0 aromatic carbocycles. The second kappa shape index (κ2) is 5.12. The van der Waals surface area contributed by atoms with Crippen LogP contribution in [0.5, 0.6) is 0 Å². The van der Waals surface area contributed by atoms with Crippen LogP contribution < -0.4 is 0 Å². The lowest BCUT2D eigenvalue weighted by molar-refractivity contribution is -0.139. The first-order chi connectivity index (χ1) is 6.63. The van der Waals surface area contributed by atoms with Gasteiger partial charge in [-0.3, -0.25) is 4.79 Å². The number of carboxylic acid groups (broad SMARTS) is 1. The average Bonchev–Trinajstić information content (AvgIpc) is 2.52. The molecule has 0 fully saturated rings. The van der Waals surface area contributed by atoms with Crippen LogP contribution in [0.4, 0.5) is 0 Å². The van der Waals surface area contributed by atoms with Crippen molar-refractivity contribution in [3.8, 4) is 0 Å². The molecule has 1 rings (SSSR count). The molecule has 1 aromatic rings. The summed E-state index contributed by atoms with van der Waals surface area (Å²) in [4.78, 5) is 12.3. The van der Waals surface area contributed by atoms with E-state index in [1.165, 1.54) is 16.2 Å². The topological polar surface area (TPSA) is 57.5 Å². The van der Waals surface area contributed by atoms with Crippen molar-refractivity contribution in [1.29, 1.82) is 0 Å². The molecule has 0 unspecified atom stereocenters. The zero-order chi connectivity index (χ0) is 10.6. The number of aliphatic hydroxyl groups is 1. The van der Waals surface area contributed by atoms with Crippen molar-refractivity contribution >= 4 is 17.3 Å². The van der Waals surface area contributed by atoms with Crippen molar-refractivity contribution < 1.29 is 15.0 Å². The zero-order valence-electron chi connectivity index (χ0n) is 8.06. The van der Waals surface area contributed by atoms with Crippen molar-refractivity contribution in [2.75, 3.05) is 0 Å². The third-order valence-corrected chi connectivity index (χ3v) is 3.12. The summed E-state index contributed by atoms with van der Waals surface area (Å²) >= 11 is 1.49. The van der Waals surface area contributed by atoms with Gasteiger partial charge in [-0.05, 0) is 18.6 Å². The Morgan fingerprint density at radius 3 is 2.86 bits per heavy atom. The minimum absolute atomic E-state index is 0.216. The van der Waals surface area contributed by atoms with Crippen LogP contribution in [-0.2, 0) is 11.2 Å². The Bertz CT molecular complexity index is 306. The lowest BCUT2D eigenvalue weighted by atomic mass is 10.2. The fourth-order valence-electron chi connectivity index (χ4n) is 1.22. The minimum atomic E-state index is -0.969. The third kappa shape index (κ3) is 3.12. The molecule has 0 amide bonds. The van der Waals surface area contributed by atoms with E-state index in [4.69, 9.17) is 5.11 Å². The number of thiophene rings is 1. The Hall–Kier alpha value is -0.870. The van der Waals surface area contributed by atoms with Crippen LogP contribution in [0.3, 0.4) is 0 Å². The smallest absolute Gasteiger partial charge is 0.306 e. The largest absolute Gasteiger partial charge is 0.481 e. The van der Waals surface area contributed by atoms with Crippen molar-refractivity contribution in [2.45, 2.75) is 32.3 Å². The predicted octanol–water partition coefficient (Wildman–Crippen LogP) is 2.21. The van der Waals surface area contributed by atoms with Gasteiger partial charge in [-0.1, -0.05) is 13.3 Å². The SMILES string of the molecule is CCCc1ccc([C@@H](O)CC(=O)O)s1. The summed E-state index contributed by atoms with van der Waals surface area (Å²) in [6.45, 7) is 2.09. The van der Waals surface area contributed by atoms with Gasteiger partial charge in [-0.2, -0.15) is 0 Å². The van der Waals surface area contributed by atoms with Gasteiger partial charge in [0, 0.05) is 9.75 Å². The van der Waals surface area contributed by atoms with Crippen LogP contribution in [0.15, 0.2) is 12.1 Å². The van der Waals surface area contributed by atoms with Gasteiger partial charge < -0.3 is 10.2 Å². The molecule has 78 valence electrons. The summed E-state index contributed by atoms with van der Waals surface area (Å²) in [5.41, 5.74) is 0. The van der Waals surface area contributed by atoms with E-state index < -0.39 is 12.1 Å². The average molecular weight is 214 g/mol. The van der Waals surface area contributed by atoms with Crippen LogP contribution in [0.2, 0.25) is 0 Å². The Kier molecular flexibility index (Phi) is 4.10. The molecule has 4 heteroatoms. The third-order valence-electron chi connectivity index (χ3n) is 1.88. The number of aryl methyl sites for hydroxylation is 1. The molecule has 2 N–H and O–H groups in total. The van der Waals surface area contributed by atoms with Gasteiger partial charge in [-0.25, -0.2) is 0 Å². The molecule has 1 aromatic heterocycles. The molecule has 0 aliphatic heterocycles. The second-order valence-corrected chi connectivity index (χ2v) is 4.37. The lowest BCUT2D eigenvalue weighted by Gasteiger charge is -2.03. The van der Waals surface area contributed by atoms with Crippen molar-refractivity contribution in [3.05, 3.63) is 21.9 Å². The van der Waals surface area contributed by atoms with Crippen molar-refractivity contribution in [1.82, 2.24) is 0 Å². The quantitative estimate of drug-likeness (QED) is 0.790. The molecular weight excluding hydrogens is 200 g/mol. The van der Waals surface area contributed by atoms with Crippen LogP contribution in [-0.4, -0.2) is 16.2 Å². The maximum Gasteiger partial charge on any atom is 0.306 e. The molecule has 0 aliphatic rings. The molecule has 0 bridgehead atoms. The van der Waals surface area contributed by atoms with Gasteiger partial charge >= 0.3 is 5.97 Å². The number of aliphatic carboxylic acids is 1. The van der Waals surface area contributed by atoms with E-state index in [1.807, 2.05) is 12.1 Å². The lowest BCUT2D eigenvalue weighted by Crippen LogP contribution is -2.03. The molecule has 0 saturated heterocycles. The van der Waals surface area contributed by atoms with Crippen molar-refractivity contribution in [2.24, 2.45) is 0 Å². The predicted molar refractivity (Wildman–Crippen MR) is 55.5 cm³/mol. The molecule has 1 heterocycles. The van der Waals surface area contributed by atoms with Gasteiger partial charge in [0.05, 0.1) is 12.5 Å². The highest BCUT2D eigenvalue weighted by Crippen LogP contribution is 2.26. The molecular formula is C10H14O3S. The summed E-state index contributed by atoms with van der Waals surface area (Å²) in [5, 5.41) is 18.0. The summed E-state index contributed by atoms with van der Waals surface area (Å²) in [6.07, 6.45) is 0.981. The highest BCUT2D eigenvalue weighted by atomic mass is 32.1. The Morgan fingerprint density at radius 2 is 2.29 bits per heavy atom. The molecule has 0 spiro atoms. The summed E-state index contributed by atoms with van der Waals surface area (Å²) in [5.74, 6) is -0.969. The molecule has 0 aliphatic carbocycles. The monoisotopic (exact) mass is 214 g/mol. The van der Waals surface area contributed by atoms with Gasteiger partial charge in [0.25, 0.3) is 0 Å². The molecule has 0 saturated carbocycles.